The van der Waals surface area contributed by atoms with Gasteiger partial charge < -0.3 is 10.7 Å². The average molecular weight is 371 g/mol. The lowest BCUT2D eigenvalue weighted by molar-refractivity contribution is -0.304. The molecule has 0 aliphatic heterocycles. The maximum atomic E-state index is 13.1. The predicted octanol–water partition coefficient (Wildman–Crippen LogP) is 4.85. The molecule has 0 fully saturated rings. The first-order valence-electron chi connectivity index (χ1n) is 6.87. The second-order valence-electron chi connectivity index (χ2n) is 5.79. The smallest absolute Gasteiger partial charge is 0.339 e. The largest absolute Gasteiger partial charge is 0.422 e. The molecule has 0 saturated heterocycles. The molecule has 0 aromatic carbocycles. The first kappa shape index (κ1) is 18.8. The molecule has 0 radical (unpaired) electrons. The number of rotatable bonds is 3. The summed E-state index contributed by atoms with van der Waals surface area (Å²) in [4.78, 5) is 6.27. The molecular weight excluding hydrogens is 356 g/mol. The van der Waals surface area contributed by atoms with Crippen LogP contribution in [0, 0.1) is 6.92 Å². The highest BCUT2D eigenvalue weighted by atomic mass is 32.1. The van der Waals surface area contributed by atoms with E-state index in [1.807, 2.05) is 0 Å². The van der Waals surface area contributed by atoms with Crippen molar-refractivity contribution in [3.05, 3.63) is 28.5 Å². The number of aromatic nitrogens is 2. The molecule has 10 heteroatoms. The normalized spacial score (nSPS) is 13.8. The number of aromatic amines is 1. The maximum absolute atomic E-state index is 13.1. The lowest BCUT2D eigenvalue weighted by atomic mass is 9.98. The lowest BCUT2D eigenvalue weighted by Gasteiger charge is -2.31. The molecule has 2 aromatic heterocycles. The highest BCUT2D eigenvalue weighted by Crippen LogP contribution is 2.48. The minimum Gasteiger partial charge on any atom is -0.339 e. The van der Waals surface area contributed by atoms with Gasteiger partial charge in [-0.3, -0.25) is 0 Å². The number of hydrogen-bond donors (Lipinski definition) is 2. The Morgan fingerprint density at radius 2 is 1.67 bits per heavy atom. The fraction of sp³-hybridized carbons (Fsp3) is 0.500. The Labute approximate surface area is 137 Å². The van der Waals surface area contributed by atoms with Crippen LogP contribution in [0.2, 0.25) is 0 Å². The third-order valence-electron chi connectivity index (χ3n) is 3.52. The number of halogens is 6. The van der Waals surface area contributed by atoms with Crippen LogP contribution in [-0.4, -0.2) is 22.3 Å². The van der Waals surface area contributed by atoms with Gasteiger partial charge in [-0.15, -0.1) is 11.3 Å². The van der Waals surface area contributed by atoms with Gasteiger partial charge in [0.2, 0.25) is 0 Å². The van der Waals surface area contributed by atoms with Gasteiger partial charge in [0.15, 0.2) is 0 Å². The van der Waals surface area contributed by atoms with Crippen molar-refractivity contribution in [1.82, 2.24) is 9.97 Å². The Bertz CT molecular complexity index is 712. The van der Waals surface area contributed by atoms with Crippen LogP contribution in [0.4, 0.5) is 26.3 Å². The number of hydrogen-bond acceptors (Lipinski definition) is 3. The van der Waals surface area contributed by atoms with E-state index in [1.165, 1.54) is 11.3 Å². The Hall–Kier alpha value is -1.55. The van der Waals surface area contributed by atoms with Gasteiger partial charge in [0.1, 0.15) is 5.82 Å². The number of thiophene rings is 1. The standard InChI is InChI=1S/C14H15F6N3S/c1-6(2)9-10(8-4-7(3)5-24-8)23-11(22-9)12(21,13(15,16)17)14(18,19)20/h4-6H,21H2,1-3H3,(H,22,23). The van der Waals surface area contributed by atoms with Gasteiger partial charge in [0.25, 0.3) is 5.54 Å². The molecule has 0 atom stereocenters. The van der Waals surface area contributed by atoms with E-state index in [9.17, 15) is 26.3 Å². The van der Waals surface area contributed by atoms with Crippen molar-refractivity contribution in [2.45, 2.75) is 44.6 Å². The van der Waals surface area contributed by atoms with Gasteiger partial charge in [0.05, 0.1) is 16.3 Å². The SMILES string of the molecule is Cc1csc(-c2[nH]c(C(N)(C(F)(F)F)C(F)(F)F)nc2C(C)C)c1. The topological polar surface area (TPSA) is 54.7 Å². The number of nitrogens with two attached hydrogens (primary N) is 1. The van der Waals surface area contributed by atoms with E-state index in [-0.39, 0.29) is 11.4 Å². The molecule has 2 aromatic rings. The molecule has 0 unspecified atom stereocenters. The highest BCUT2D eigenvalue weighted by molar-refractivity contribution is 7.13. The van der Waals surface area contributed by atoms with Crippen molar-refractivity contribution < 1.29 is 26.3 Å². The molecule has 0 spiro atoms. The molecule has 0 aliphatic carbocycles. The zero-order chi connectivity index (χ0) is 18.5. The molecule has 2 rings (SSSR count). The summed E-state index contributed by atoms with van der Waals surface area (Å²) in [6.07, 6.45) is -11.5. The second kappa shape index (κ2) is 5.76. The van der Waals surface area contributed by atoms with E-state index < -0.39 is 29.6 Å². The van der Waals surface area contributed by atoms with Crippen LogP contribution in [0.15, 0.2) is 11.4 Å². The highest BCUT2D eigenvalue weighted by Gasteiger charge is 2.71. The number of alkyl halides is 6. The van der Waals surface area contributed by atoms with Gasteiger partial charge in [-0.1, -0.05) is 13.8 Å². The van der Waals surface area contributed by atoms with Crippen LogP contribution >= 0.6 is 11.3 Å². The van der Waals surface area contributed by atoms with Crippen LogP contribution < -0.4 is 5.73 Å². The summed E-state index contributed by atoms with van der Waals surface area (Å²) in [6, 6.07) is 1.66. The average Bonchev–Trinajstić information content (AvgIpc) is 3.00. The molecule has 2 heterocycles. The first-order valence-corrected chi connectivity index (χ1v) is 7.75. The van der Waals surface area contributed by atoms with E-state index in [2.05, 4.69) is 9.97 Å². The van der Waals surface area contributed by atoms with Crippen molar-refractivity contribution >= 4 is 11.3 Å². The summed E-state index contributed by atoms with van der Waals surface area (Å²) >= 11 is 1.20. The van der Waals surface area contributed by atoms with Crippen molar-refractivity contribution in [2.24, 2.45) is 5.73 Å². The number of H-pyrrole nitrogens is 1. The zero-order valence-electron chi connectivity index (χ0n) is 12.9. The van der Waals surface area contributed by atoms with Crippen molar-refractivity contribution in [3.8, 4) is 10.6 Å². The summed E-state index contributed by atoms with van der Waals surface area (Å²) in [6.45, 7) is 5.03. The van der Waals surface area contributed by atoms with Gasteiger partial charge in [0, 0.05) is 0 Å². The molecule has 0 bridgehead atoms. The van der Waals surface area contributed by atoms with Crippen molar-refractivity contribution in [2.75, 3.05) is 0 Å². The van der Waals surface area contributed by atoms with E-state index in [1.54, 1.807) is 32.2 Å². The van der Waals surface area contributed by atoms with Crippen LogP contribution in [0.3, 0.4) is 0 Å². The van der Waals surface area contributed by atoms with E-state index in [0.717, 1.165) is 5.56 Å². The second-order valence-corrected chi connectivity index (χ2v) is 6.70. The minimum absolute atomic E-state index is 0.107. The van der Waals surface area contributed by atoms with Crippen LogP contribution in [0.5, 0.6) is 0 Å². The molecule has 24 heavy (non-hydrogen) atoms. The quantitative estimate of drug-likeness (QED) is 0.758. The van der Waals surface area contributed by atoms with Crippen molar-refractivity contribution in [1.29, 1.82) is 0 Å². The maximum Gasteiger partial charge on any atom is 0.422 e. The van der Waals surface area contributed by atoms with Crippen LogP contribution in [0.1, 0.15) is 36.8 Å². The number of imidazole rings is 1. The zero-order valence-corrected chi connectivity index (χ0v) is 13.7. The molecule has 0 saturated carbocycles. The van der Waals surface area contributed by atoms with E-state index >= 15 is 0 Å². The molecule has 0 amide bonds. The summed E-state index contributed by atoms with van der Waals surface area (Å²) in [5, 5.41) is 1.74. The van der Waals surface area contributed by atoms with Crippen LogP contribution in [-0.2, 0) is 5.54 Å². The number of nitrogens with one attached hydrogen (secondary N) is 1. The Morgan fingerprint density at radius 3 is 2.04 bits per heavy atom. The summed E-state index contributed by atoms with van der Waals surface area (Å²) < 4.78 is 78.8. The summed E-state index contributed by atoms with van der Waals surface area (Å²) in [7, 11) is 0. The monoisotopic (exact) mass is 371 g/mol. The number of nitrogens with zero attached hydrogens (tertiary/aromatic N) is 1. The first-order chi connectivity index (χ1) is 10.8. The van der Waals surface area contributed by atoms with Gasteiger partial charge in [-0.05, 0) is 29.9 Å². The molecule has 134 valence electrons. The number of aryl methyl sites for hydroxylation is 1. The fourth-order valence-corrected chi connectivity index (χ4v) is 3.08. The minimum atomic E-state index is -5.75. The Balaban J connectivity index is 2.71. The molecular formula is C14H15F6N3S. The van der Waals surface area contributed by atoms with Gasteiger partial charge in [-0.25, -0.2) is 4.98 Å². The lowest BCUT2D eigenvalue weighted by Crippen LogP contribution is -2.61. The summed E-state index contributed by atoms with van der Waals surface area (Å²) in [5.41, 5.74) is 1.31. The van der Waals surface area contributed by atoms with E-state index in [0.29, 0.717) is 4.88 Å². The van der Waals surface area contributed by atoms with Crippen LogP contribution in [0.25, 0.3) is 10.6 Å². The molecule has 0 aliphatic rings. The van der Waals surface area contributed by atoms with E-state index in [4.69, 9.17) is 5.73 Å². The Kier molecular flexibility index (Phi) is 4.51. The Morgan fingerprint density at radius 1 is 1.12 bits per heavy atom. The molecule has 3 N–H and O–H groups in total. The third kappa shape index (κ3) is 2.92. The van der Waals surface area contributed by atoms with Crippen molar-refractivity contribution in [3.63, 3.8) is 0 Å². The summed E-state index contributed by atoms with van der Waals surface area (Å²) in [5.74, 6) is -1.75. The predicted molar refractivity (Wildman–Crippen MR) is 78.7 cm³/mol. The third-order valence-corrected chi connectivity index (χ3v) is 4.59. The van der Waals surface area contributed by atoms with Gasteiger partial charge in [-0.2, -0.15) is 26.3 Å². The van der Waals surface area contributed by atoms with Gasteiger partial charge >= 0.3 is 12.4 Å². The molecule has 3 nitrogen and oxygen atoms in total. The fourth-order valence-electron chi connectivity index (χ4n) is 2.17.